The maximum absolute atomic E-state index is 14.2. The summed E-state index contributed by atoms with van der Waals surface area (Å²) in [7, 11) is 1.64. The molecule has 2 aliphatic carbocycles. The van der Waals surface area contributed by atoms with E-state index in [2.05, 4.69) is 26.2 Å². The van der Waals surface area contributed by atoms with Crippen molar-refractivity contribution in [2.45, 2.75) is 141 Å². The van der Waals surface area contributed by atoms with Crippen LogP contribution in [0.15, 0.2) is 0 Å². The summed E-state index contributed by atoms with van der Waals surface area (Å²) in [4.78, 5) is 72.3. The minimum Gasteiger partial charge on any atom is -0.394 e. The molecule has 1 saturated heterocycles. The van der Waals surface area contributed by atoms with Crippen LogP contribution in [0.5, 0.6) is 0 Å². The van der Waals surface area contributed by atoms with Gasteiger partial charge in [0, 0.05) is 26.2 Å². The molecule has 268 valence electrons. The van der Waals surface area contributed by atoms with Crippen molar-refractivity contribution in [1.29, 1.82) is 0 Å². The SMILES string of the molecule is CC(C)C[C@H]1C(=O)N[C@@H](C2CCCCC2)C(=O)N[C@@H](CO)C(=O)N[C@@H]([C@H](C)O)C(=O)N[C@H](C)CN(CC2CCCC2)[C@@H](C)C(=O)N1C. The zero-order valence-corrected chi connectivity index (χ0v) is 29.3. The largest absolute Gasteiger partial charge is 0.394 e. The van der Waals surface area contributed by atoms with Gasteiger partial charge < -0.3 is 36.4 Å². The Hall–Kier alpha value is -2.77. The molecule has 1 aliphatic heterocycles. The van der Waals surface area contributed by atoms with E-state index in [9.17, 15) is 34.2 Å². The van der Waals surface area contributed by atoms with Gasteiger partial charge in [-0.2, -0.15) is 0 Å². The Morgan fingerprint density at radius 2 is 1.40 bits per heavy atom. The van der Waals surface area contributed by atoms with E-state index in [1.54, 1.807) is 14.0 Å². The lowest BCUT2D eigenvalue weighted by Gasteiger charge is -2.38. The number of nitrogens with one attached hydrogen (secondary N) is 4. The number of amides is 5. The first-order chi connectivity index (χ1) is 22.2. The molecule has 3 aliphatic rings. The maximum Gasteiger partial charge on any atom is 0.245 e. The van der Waals surface area contributed by atoms with Crippen LogP contribution >= 0.6 is 0 Å². The fourth-order valence-corrected chi connectivity index (χ4v) is 7.37. The molecule has 6 N–H and O–H groups in total. The quantitative estimate of drug-likeness (QED) is 0.230. The van der Waals surface area contributed by atoms with Crippen LogP contribution in [0, 0.1) is 17.8 Å². The lowest BCUT2D eigenvalue weighted by atomic mass is 9.83. The van der Waals surface area contributed by atoms with Crippen molar-refractivity contribution < 1.29 is 34.2 Å². The van der Waals surface area contributed by atoms with E-state index in [0.29, 0.717) is 38.3 Å². The topological polar surface area (TPSA) is 180 Å². The Morgan fingerprint density at radius 3 is 1.98 bits per heavy atom. The van der Waals surface area contributed by atoms with Gasteiger partial charge in [0.15, 0.2) is 0 Å². The lowest BCUT2D eigenvalue weighted by Crippen LogP contribution is -2.63. The van der Waals surface area contributed by atoms with Gasteiger partial charge >= 0.3 is 0 Å². The normalized spacial score (nSPS) is 31.5. The molecule has 0 aromatic heterocycles. The molecule has 5 amide bonds. The predicted octanol–water partition coefficient (Wildman–Crippen LogP) is 0.666. The Bertz CT molecular complexity index is 1080. The van der Waals surface area contributed by atoms with Gasteiger partial charge in [0.05, 0.1) is 18.8 Å². The Balaban J connectivity index is 2.03. The smallest absolute Gasteiger partial charge is 0.245 e. The zero-order chi connectivity index (χ0) is 34.8. The number of hydrogen-bond donors (Lipinski definition) is 6. The number of nitrogens with zero attached hydrogens (tertiary/aromatic N) is 2. The number of aliphatic hydroxyl groups excluding tert-OH is 2. The first kappa shape index (κ1) is 38.7. The van der Waals surface area contributed by atoms with Gasteiger partial charge in [-0.15, -0.1) is 0 Å². The molecule has 0 spiro atoms. The van der Waals surface area contributed by atoms with Crippen molar-refractivity contribution in [3.8, 4) is 0 Å². The van der Waals surface area contributed by atoms with Gasteiger partial charge in [0.2, 0.25) is 29.5 Å². The second-order valence-corrected chi connectivity index (χ2v) is 14.6. The van der Waals surface area contributed by atoms with Crippen molar-refractivity contribution in [3.63, 3.8) is 0 Å². The summed E-state index contributed by atoms with van der Waals surface area (Å²) in [6.45, 7) is 9.20. The second-order valence-electron chi connectivity index (χ2n) is 14.6. The summed E-state index contributed by atoms with van der Waals surface area (Å²) < 4.78 is 0. The average Bonchev–Trinajstić information content (AvgIpc) is 3.54. The third-order valence-corrected chi connectivity index (χ3v) is 10.2. The average molecular weight is 665 g/mol. The highest BCUT2D eigenvalue weighted by molar-refractivity contribution is 5.96. The van der Waals surface area contributed by atoms with Crippen molar-refractivity contribution in [3.05, 3.63) is 0 Å². The third-order valence-electron chi connectivity index (χ3n) is 10.2. The van der Waals surface area contributed by atoms with Crippen molar-refractivity contribution in [2.24, 2.45) is 17.8 Å². The molecular formula is C34H60N6O7. The fraction of sp³-hybridized carbons (Fsp3) is 0.853. The number of carbonyl (C=O) groups excluding carboxylic acids is 5. The summed E-state index contributed by atoms with van der Waals surface area (Å²) >= 11 is 0. The van der Waals surface area contributed by atoms with Crippen LogP contribution in [0.25, 0.3) is 0 Å². The molecule has 3 rings (SSSR count). The maximum atomic E-state index is 14.2. The highest BCUT2D eigenvalue weighted by Crippen LogP contribution is 2.28. The van der Waals surface area contributed by atoms with Gasteiger partial charge in [-0.25, -0.2) is 0 Å². The molecule has 0 aromatic rings. The lowest BCUT2D eigenvalue weighted by molar-refractivity contribution is -0.145. The Labute approximate surface area is 280 Å². The number of hydrogen-bond acceptors (Lipinski definition) is 8. The standard InChI is InChI=1S/C34H60N6O7/c1-20(2)16-27-31(44)38-29(25-14-8-7-9-15-25)33(46)36-26(19-41)30(43)37-28(23(5)42)32(45)35-21(3)17-40(18-24-12-10-11-13-24)22(4)34(47)39(27)6/h20-29,41-42H,7-19H2,1-6H3,(H,35,45)(H,36,46)(H,37,43)(H,38,44)/t21-,22+,23+,26+,27+,28+,29+/m1/s1. The molecule has 47 heavy (non-hydrogen) atoms. The van der Waals surface area contributed by atoms with E-state index in [4.69, 9.17) is 0 Å². The number of carbonyl (C=O) groups is 5. The summed E-state index contributed by atoms with van der Waals surface area (Å²) in [5, 5.41) is 31.5. The van der Waals surface area contributed by atoms with Gasteiger partial charge in [-0.05, 0) is 70.6 Å². The summed E-state index contributed by atoms with van der Waals surface area (Å²) in [5.41, 5.74) is 0. The van der Waals surface area contributed by atoms with Crippen LogP contribution in [0.3, 0.4) is 0 Å². The van der Waals surface area contributed by atoms with Crippen LogP contribution in [0.4, 0.5) is 0 Å². The molecule has 0 unspecified atom stereocenters. The van der Waals surface area contributed by atoms with Crippen molar-refractivity contribution >= 4 is 29.5 Å². The van der Waals surface area contributed by atoms with E-state index >= 15 is 0 Å². The molecule has 3 fully saturated rings. The highest BCUT2D eigenvalue weighted by Gasteiger charge is 2.39. The van der Waals surface area contributed by atoms with Crippen LogP contribution in [0.1, 0.15) is 98.8 Å². The van der Waals surface area contributed by atoms with Crippen LogP contribution in [-0.2, 0) is 24.0 Å². The van der Waals surface area contributed by atoms with Gasteiger partial charge in [-0.3, -0.25) is 28.9 Å². The molecule has 0 radical (unpaired) electrons. The molecule has 0 bridgehead atoms. The van der Waals surface area contributed by atoms with Crippen LogP contribution in [-0.4, -0.2) is 119 Å². The van der Waals surface area contributed by atoms with Crippen LogP contribution < -0.4 is 21.3 Å². The molecule has 13 nitrogen and oxygen atoms in total. The zero-order valence-electron chi connectivity index (χ0n) is 29.3. The van der Waals surface area contributed by atoms with Gasteiger partial charge in [0.25, 0.3) is 0 Å². The van der Waals surface area contributed by atoms with Gasteiger partial charge in [0.1, 0.15) is 24.2 Å². The predicted molar refractivity (Wildman–Crippen MR) is 178 cm³/mol. The second kappa shape index (κ2) is 18.1. The van der Waals surface area contributed by atoms with Crippen molar-refractivity contribution in [2.75, 3.05) is 26.7 Å². The molecule has 13 heteroatoms. The number of aliphatic hydroxyl groups is 2. The van der Waals surface area contributed by atoms with E-state index in [0.717, 1.165) is 44.9 Å². The number of likely N-dealkylation sites (N-methyl/N-ethyl adjacent to an activating group) is 1. The summed E-state index contributed by atoms with van der Waals surface area (Å²) in [5.74, 6) is -2.45. The Kier molecular flexibility index (Phi) is 14.9. The van der Waals surface area contributed by atoms with E-state index in [1.165, 1.54) is 11.8 Å². The third kappa shape index (κ3) is 10.9. The minimum absolute atomic E-state index is 0.0743. The fourth-order valence-electron chi connectivity index (χ4n) is 7.37. The molecule has 7 atom stereocenters. The minimum atomic E-state index is -1.42. The van der Waals surface area contributed by atoms with Crippen LogP contribution in [0.2, 0.25) is 0 Å². The van der Waals surface area contributed by atoms with E-state index in [1.807, 2.05) is 20.8 Å². The first-order valence-corrected chi connectivity index (χ1v) is 17.7. The van der Waals surface area contributed by atoms with Crippen molar-refractivity contribution in [1.82, 2.24) is 31.1 Å². The molecule has 0 aromatic carbocycles. The first-order valence-electron chi connectivity index (χ1n) is 17.7. The van der Waals surface area contributed by atoms with Gasteiger partial charge in [-0.1, -0.05) is 46.0 Å². The monoisotopic (exact) mass is 664 g/mol. The van der Waals surface area contributed by atoms with E-state index in [-0.39, 0.29) is 17.7 Å². The summed E-state index contributed by atoms with van der Waals surface area (Å²) in [6.07, 6.45) is 7.68. The molecule has 1 heterocycles. The van der Waals surface area contributed by atoms with E-state index < -0.39 is 72.6 Å². The highest BCUT2D eigenvalue weighted by atomic mass is 16.3. The molecular weight excluding hydrogens is 604 g/mol. The Morgan fingerprint density at radius 1 is 0.787 bits per heavy atom. The molecule has 2 saturated carbocycles. The summed E-state index contributed by atoms with van der Waals surface area (Å²) in [6, 6.07) is -5.66. The number of rotatable bonds is 7.